The molecule has 0 spiro atoms. The van der Waals surface area contributed by atoms with Crippen molar-refractivity contribution in [3.63, 3.8) is 0 Å². The van der Waals surface area contributed by atoms with Crippen LogP contribution in [0.15, 0.2) is 18.2 Å². The van der Waals surface area contributed by atoms with Gasteiger partial charge < -0.3 is 5.32 Å². The normalized spacial score (nSPS) is 24.3. The molecule has 1 aliphatic rings. The highest BCUT2D eigenvalue weighted by atomic mass is 35.5. The Bertz CT molecular complexity index is 434. The third-order valence-corrected chi connectivity index (χ3v) is 4.70. The van der Waals surface area contributed by atoms with Gasteiger partial charge in [-0.2, -0.15) is 0 Å². The first-order chi connectivity index (χ1) is 9.00. The van der Waals surface area contributed by atoms with Crippen LogP contribution in [0.5, 0.6) is 0 Å². The lowest BCUT2D eigenvalue weighted by Gasteiger charge is -2.27. The van der Waals surface area contributed by atoms with Gasteiger partial charge in [0.2, 0.25) is 0 Å². The third-order valence-electron chi connectivity index (χ3n) is 3.86. The number of rotatable bonds is 4. The van der Waals surface area contributed by atoms with Crippen LogP contribution in [0.4, 0.5) is 0 Å². The Kier molecular flexibility index (Phi) is 5.13. The van der Waals surface area contributed by atoms with Crippen LogP contribution in [0, 0.1) is 5.92 Å². The summed E-state index contributed by atoms with van der Waals surface area (Å²) in [5, 5.41) is 4.89. The van der Waals surface area contributed by atoms with E-state index in [4.69, 9.17) is 23.2 Å². The summed E-state index contributed by atoms with van der Waals surface area (Å²) in [6.45, 7) is 6.49. The SMILES string of the molecule is CC(C)NCC1CCN(C)C1c1cccc(Cl)c1Cl. The predicted octanol–water partition coefficient (Wildman–Crippen LogP) is 3.98. The Hall–Kier alpha value is -0.280. The van der Waals surface area contributed by atoms with E-state index in [2.05, 4.69) is 37.2 Å². The molecular weight excluding hydrogens is 279 g/mol. The van der Waals surface area contributed by atoms with Crippen LogP contribution in [0.3, 0.4) is 0 Å². The second-order valence-corrected chi connectivity index (χ2v) is 6.47. The first-order valence-electron chi connectivity index (χ1n) is 6.88. The zero-order chi connectivity index (χ0) is 14.0. The largest absolute Gasteiger partial charge is 0.314 e. The summed E-state index contributed by atoms with van der Waals surface area (Å²) < 4.78 is 0. The van der Waals surface area contributed by atoms with Crippen molar-refractivity contribution in [3.05, 3.63) is 33.8 Å². The quantitative estimate of drug-likeness (QED) is 0.905. The van der Waals surface area contributed by atoms with Crippen LogP contribution in [-0.4, -0.2) is 31.1 Å². The fraction of sp³-hybridized carbons (Fsp3) is 0.600. The molecule has 0 aromatic heterocycles. The van der Waals surface area contributed by atoms with Crippen molar-refractivity contribution in [2.75, 3.05) is 20.1 Å². The van der Waals surface area contributed by atoms with Crippen LogP contribution in [0.1, 0.15) is 31.9 Å². The molecule has 2 nitrogen and oxygen atoms in total. The molecule has 1 aromatic rings. The first kappa shape index (κ1) is 15.1. The maximum Gasteiger partial charge on any atom is 0.0640 e. The summed E-state index contributed by atoms with van der Waals surface area (Å²) in [7, 11) is 2.16. The van der Waals surface area contributed by atoms with Gasteiger partial charge >= 0.3 is 0 Å². The molecule has 0 aliphatic carbocycles. The molecule has 0 bridgehead atoms. The molecule has 0 amide bonds. The molecule has 2 atom stereocenters. The average Bonchev–Trinajstić information content (AvgIpc) is 2.72. The zero-order valence-corrected chi connectivity index (χ0v) is 13.3. The summed E-state index contributed by atoms with van der Waals surface area (Å²) in [5.41, 5.74) is 1.16. The number of halogens is 2. The maximum absolute atomic E-state index is 6.39. The van der Waals surface area contributed by atoms with Crippen molar-refractivity contribution in [3.8, 4) is 0 Å². The van der Waals surface area contributed by atoms with Crippen LogP contribution in [0.25, 0.3) is 0 Å². The topological polar surface area (TPSA) is 15.3 Å². The van der Waals surface area contributed by atoms with Gasteiger partial charge in [0.1, 0.15) is 0 Å². The molecule has 2 unspecified atom stereocenters. The summed E-state index contributed by atoms with van der Waals surface area (Å²) in [5.74, 6) is 0.586. The Labute approximate surface area is 126 Å². The van der Waals surface area contributed by atoms with E-state index in [0.29, 0.717) is 28.0 Å². The number of nitrogens with zero attached hydrogens (tertiary/aromatic N) is 1. The lowest BCUT2D eigenvalue weighted by atomic mass is 9.93. The number of hydrogen-bond acceptors (Lipinski definition) is 2. The van der Waals surface area contributed by atoms with Gasteiger partial charge in [-0.25, -0.2) is 0 Å². The molecule has 4 heteroatoms. The summed E-state index contributed by atoms with van der Waals surface area (Å²) in [6.07, 6.45) is 1.20. The van der Waals surface area contributed by atoms with Crippen molar-refractivity contribution in [1.29, 1.82) is 0 Å². The second-order valence-electron chi connectivity index (χ2n) is 5.68. The van der Waals surface area contributed by atoms with Gasteiger partial charge in [0.25, 0.3) is 0 Å². The smallest absolute Gasteiger partial charge is 0.0640 e. The Balaban J connectivity index is 2.21. The van der Waals surface area contributed by atoms with Crippen LogP contribution in [0.2, 0.25) is 10.0 Å². The van der Waals surface area contributed by atoms with E-state index in [9.17, 15) is 0 Å². The lowest BCUT2D eigenvalue weighted by Crippen LogP contribution is -2.32. The number of hydrogen-bond donors (Lipinski definition) is 1. The summed E-state index contributed by atoms with van der Waals surface area (Å²) in [6, 6.07) is 6.81. The van der Waals surface area contributed by atoms with Gasteiger partial charge in [0.15, 0.2) is 0 Å². The minimum atomic E-state index is 0.359. The molecule has 1 aliphatic heterocycles. The van der Waals surface area contributed by atoms with Gasteiger partial charge in [0, 0.05) is 18.6 Å². The standard InChI is InChI=1S/C15H22Cl2N2/c1-10(2)18-9-11-7-8-19(3)15(11)12-5-4-6-13(16)14(12)17/h4-6,10-11,15,18H,7-9H2,1-3H3. The molecule has 1 fully saturated rings. The molecule has 19 heavy (non-hydrogen) atoms. The summed E-state index contributed by atoms with van der Waals surface area (Å²) in [4.78, 5) is 2.38. The van der Waals surface area contributed by atoms with Crippen molar-refractivity contribution >= 4 is 23.2 Å². The average molecular weight is 301 g/mol. The molecule has 1 aromatic carbocycles. The molecule has 0 radical (unpaired) electrons. The van der Waals surface area contributed by atoms with E-state index >= 15 is 0 Å². The van der Waals surface area contributed by atoms with E-state index in [0.717, 1.165) is 18.7 Å². The highest BCUT2D eigenvalue weighted by Crippen LogP contribution is 2.40. The monoisotopic (exact) mass is 300 g/mol. The molecule has 106 valence electrons. The van der Waals surface area contributed by atoms with Crippen LogP contribution >= 0.6 is 23.2 Å². The maximum atomic E-state index is 6.39. The number of nitrogens with one attached hydrogen (secondary N) is 1. The third kappa shape index (κ3) is 3.43. The predicted molar refractivity (Wildman–Crippen MR) is 83.1 cm³/mol. The highest BCUT2D eigenvalue weighted by molar-refractivity contribution is 6.42. The fourth-order valence-corrected chi connectivity index (χ4v) is 3.29. The first-order valence-corrected chi connectivity index (χ1v) is 7.63. The van der Waals surface area contributed by atoms with Crippen LogP contribution in [-0.2, 0) is 0 Å². The van der Waals surface area contributed by atoms with E-state index in [-0.39, 0.29) is 0 Å². The Morgan fingerprint density at radius 3 is 2.79 bits per heavy atom. The van der Waals surface area contributed by atoms with Gasteiger partial charge in [-0.15, -0.1) is 0 Å². The molecule has 1 saturated heterocycles. The molecule has 0 saturated carbocycles. The second kappa shape index (κ2) is 6.45. The highest BCUT2D eigenvalue weighted by Gasteiger charge is 2.34. The van der Waals surface area contributed by atoms with Gasteiger partial charge in [-0.3, -0.25) is 4.90 Å². The van der Waals surface area contributed by atoms with Crippen molar-refractivity contribution in [1.82, 2.24) is 10.2 Å². The molecular formula is C15H22Cl2N2. The molecule has 1 heterocycles. The van der Waals surface area contributed by atoms with E-state index in [1.165, 1.54) is 6.42 Å². The van der Waals surface area contributed by atoms with E-state index in [1.54, 1.807) is 0 Å². The van der Waals surface area contributed by atoms with Crippen molar-refractivity contribution in [2.24, 2.45) is 5.92 Å². The van der Waals surface area contributed by atoms with Gasteiger partial charge in [-0.1, -0.05) is 49.2 Å². The molecule has 2 rings (SSSR count). The minimum Gasteiger partial charge on any atom is -0.314 e. The lowest BCUT2D eigenvalue weighted by molar-refractivity contribution is 0.269. The van der Waals surface area contributed by atoms with Gasteiger partial charge in [-0.05, 0) is 37.6 Å². The minimum absolute atomic E-state index is 0.359. The Morgan fingerprint density at radius 1 is 1.37 bits per heavy atom. The Morgan fingerprint density at radius 2 is 2.11 bits per heavy atom. The van der Waals surface area contributed by atoms with E-state index in [1.807, 2.05) is 12.1 Å². The fourth-order valence-electron chi connectivity index (χ4n) is 2.87. The van der Waals surface area contributed by atoms with Gasteiger partial charge in [0.05, 0.1) is 10.0 Å². The number of benzene rings is 1. The van der Waals surface area contributed by atoms with Crippen molar-refractivity contribution < 1.29 is 0 Å². The van der Waals surface area contributed by atoms with Crippen molar-refractivity contribution in [2.45, 2.75) is 32.4 Å². The zero-order valence-electron chi connectivity index (χ0n) is 11.8. The van der Waals surface area contributed by atoms with Crippen LogP contribution < -0.4 is 5.32 Å². The summed E-state index contributed by atoms with van der Waals surface area (Å²) >= 11 is 12.5. The number of likely N-dealkylation sites (tertiary alicyclic amines) is 1. The van der Waals surface area contributed by atoms with E-state index < -0.39 is 0 Å². The molecule has 1 N–H and O–H groups in total.